The second-order valence-electron chi connectivity index (χ2n) is 4.90. The lowest BCUT2D eigenvalue weighted by Gasteiger charge is -2.06. The molecule has 0 saturated heterocycles. The molecule has 110 valence electrons. The van der Waals surface area contributed by atoms with Crippen molar-refractivity contribution >= 4 is 21.8 Å². The van der Waals surface area contributed by atoms with Gasteiger partial charge in [0.2, 0.25) is 0 Å². The monoisotopic (exact) mass is 355 g/mol. The first-order valence-electron chi connectivity index (χ1n) is 6.88. The smallest absolute Gasteiger partial charge is 0.251 e. The van der Waals surface area contributed by atoms with E-state index < -0.39 is 0 Å². The minimum Gasteiger partial charge on any atom is -0.472 e. The van der Waals surface area contributed by atoms with Crippen LogP contribution in [-0.4, -0.2) is 5.91 Å². The predicted molar refractivity (Wildman–Crippen MR) is 89.5 cm³/mol. The van der Waals surface area contributed by atoms with Gasteiger partial charge in [0.25, 0.3) is 5.91 Å². The van der Waals surface area contributed by atoms with E-state index in [0.717, 1.165) is 21.2 Å². The largest absolute Gasteiger partial charge is 0.472 e. The summed E-state index contributed by atoms with van der Waals surface area (Å²) >= 11 is 3.37. The molecule has 0 saturated carbocycles. The van der Waals surface area contributed by atoms with Gasteiger partial charge in [-0.15, -0.1) is 0 Å². The molecule has 22 heavy (non-hydrogen) atoms. The average Bonchev–Trinajstić information content (AvgIpc) is 3.07. The van der Waals surface area contributed by atoms with Crippen LogP contribution in [0.3, 0.4) is 0 Å². The molecule has 0 unspecified atom stereocenters. The molecule has 0 atom stereocenters. The molecule has 3 rings (SSSR count). The highest BCUT2D eigenvalue weighted by atomic mass is 79.9. The minimum absolute atomic E-state index is 0.0831. The quantitative estimate of drug-likeness (QED) is 0.740. The zero-order valence-corrected chi connectivity index (χ0v) is 13.3. The molecule has 0 bridgehead atoms. The molecular weight excluding hydrogens is 342 g/mol. The van der Waals surface area contributed by atoms with Crippen LogP contribution in [0.25, 0.3) is 11.1 Å². The van der Waals surface area contributed by atoms with Crippen molar-refractivity contribution in [3.8, 4) is 11.1 Å². The molecule has 2 aromatic carbocycles. The Bertz CT molecular complexity index is 764. The van der Waals surface area contributed by atoms with Gasteiger partial charge < -0.3 is 9.73 Å². The third kappa shape index (κ3) is 3.46. The zero-order chi connectivity index (χ0) is 15.4. The van der Waals surface area contributed by atoms with E-state index >= 15 is 0 Å². The molecule has 0 radical (unpaired) electrons. The number of carbonyl (C=O) groups excluding carboxylic acids is 1. The number of hydrogen-bond acceptors (Lipinski definition) is 2. The number of nitrogens with one attached hydrogen (secondary N) is 1. The first-order valence-corrected chi connectivity index (χ1v) is 7.67. The molecule has 0 spiro atoms. The molecule has 0 aliphatic heterocycles. The van der Waals surface area contributed by atoms with Gasteiger partial charge in [-0.3, -0.25) is 4.79 Å². The Balaban J connectivity index is 1.63. The third-order valence-electron chi connectivity index (χ3n) is 3.35. The van der Waals surface area contributed by atoms with Crippen LogP contribution in [0, 0.1) is 0 Å². The van der Waals surface area contributed by atoms with Crippen LogP contribution >= 0.6 is 15.9 Å². The number of amides is 1. The van der Waals surface area contributed by atoms with E-state index in [2.05, 4.69) is 21.2 Å². The molecule has 1 N–H and O–H groups in total. The fourth-order valence-electron chi connectivity index (χ4n) is 2.16. The van der Waals surface area contributed by atoms with E-state index in [1.165, 1.54) is 0 Å². The number of benzene rings is 2. The molecule has 0 aliphatic rings. The highest BCUT2D eigenvalue weighted by molar-refractivity contribution is 9.10. The van der Waals surface area contributed by atoms with Crippen molar-refractivity contribution in [2.24, 2.45) is 0 Å². The van der Waals surface area contributed by atoms with E-state index in [0.29, 0.717) is 12.1 Å². The van der Waals surface area contributed by atoms with Crippen molar-refractivity contribution in [2.45, 2.75) is 6.54 Å². The molecule has 4 heteroatoms. The highest BCUT2D eigenvalue weighted by Gasteiger charge is 2.05. The number of rotatable bonds is 4. The summed E-state index contributed by atoms with van der Waals surface area (Å²) in [4.78, 5) is 12.1. The lowest BCUT2D eigenvalue weighted by Crippen LogP contribution is -2.22. The normalized spacial score (nSPS) is 10.4. The van der Waals surface area contributed by atoms with Crippen LogP contribution < -0.4 is 5.32 Å². The van der Waals surface area contributed by atoms with Gasteiger partial charge >= 0.3 is 0 Å². The van der Waals surface area contributed by atoms with Crippen LogP contribution in [0.1, 0.15) is 15.9 Å². The molecule has 3 aromatic rings. The summed E-state index contributed by atoms with van der Waals surface area (Å²) in [5.74, 6) is -0.0831. The average molecular weight is 356 g/mol. The Morgan fingerprint density at radius 2 is 1.86 bits per heavy atom. The fourth-order valence-corrected chi connectivity index (χ4v) is 2.56. The van der Waals surface area contributed by atoms with Gasteiger partial charge in [-0.25, -0.2) is 0 Å². The lowest BCUT2D eigenvalue weighted by atomic mass is 10.1. The number of carbonyl (C=O) groups is 1. The topological polar surface area (TPSA) is 42.2 Å². The second-order valence-corrected chi connectivity index (χ2v) is 5.82. The predicted octanol–water partition coefficient (Wildman–Crippen LogP) is 4.64. The van der Waals surface area contributed by atoms with Crippen LogP contribution in [0.2, 0.25) is 0 Å². The van der Waals surface area contributed by atoms with Crippen LogP contribution in [0.4, 0.5) is 0 Å². The molecular formula is C18H14BrNO2. The van der Waals surface area contributed by atoms with Gasteiger partial charge in [-0.05, 0) is 35.4 Å². The fraction of sp³-hybridized carbons (Fsp3) is 0.0556. The Morgan fingerprint density at radius 1 is 1.05 bits per heavy atom. The van der Waals surface area contributed by atoms with E-state index in [-0.39, 0.29) is 5.91 Å². The summed E-state index contributed by atoms with van der Waals surface area (Å²) < 4.78 is 5.97. The van der Waals surface area contributed by atoms with Crippen molar-refractivity contribution in [3.05, 3.63) is 82.7 Å². The third-order valence-corrected chi connectivity index (χ3v) is 3.84. The van der Waals surface area contributed by atoms with Crippen molar-refractivity contribution < 1.29 is 9.21 Å². The number of furan rings is 1. The van der Waals surface area contributed by atoms with Crippen molar-refractivity contribution in [1.82, 2.24) is 5.32 Å². The first kappa shape index (κ1) is 14.6. The first-order chi connectivity index (χ1) is 10.7. The van der Waals surface area contributed by atoms with Crippen molar-refractivity contribution in [3.63, 3.8) is 0 Å². The van der Waals surface area contributed by atoms with Crippen molar-refractivity contribution in [1.29, 1.82) is 0 Å². The van der Waals surface area contributed by atoms with E-state index in [4.69, 9.17) is 4.42 Å². The summed E-state index contributed by atoms with van der Waals surface area (Å²) in [6, 6.07) is 17.3. The summed E-state index contributed by atoms with van der Waals surface area (Å²) in [5.41, 5.74) is 3.83. The standard InChI is InChI=1S/C18H14BrNO2/c19-17-3-1-2-15(10-17)18(21)20-11-13-4-6-14(7-5-13)16-8-9-22-12-16/h1-10,12H,11H2,(H,20,21). The lowest BCUT2D eigenvalue weighted by molar-refractivity contribution is 0.0951. The van der Waals surface area contributed by atoms with Gasteiger partial charge in [0.15, 0.2) is 0 Å². The highest BCUT2D eigenvalue weighted by Crippen LogP contribution is 2.20. The maximum absolute atomic E-state index is 12.1. The maximum Gasteiger partial charge on any atom is 0.251 e. The van der Waals surface area contributed by atoms with Gasteiger partial charge in [-0.2, -0.15) is 0 Å². The maximum atomic E-state index is 12.1. The minimum atomic E-state index is -0.0831. The molecule has 3 nitrogen and oxygen atoms in total. The van der Waals surface area contributed by atoms with E-state index in [1.54, 1.807) is 24.7 Å². The Labute approximate surface area is 137 Å². The van der Waals surface area contributed by atoms with Crippen LogP contribution in [0.5, 0.6) is 0 Å². The Kier molecular flexibility index (Phi) is 4.39. The Morgan fingerprint density at radius 3 is 2.55 bits per heavy atom. The number of hydrogen-bond donors (Lipinski definition) is 1. The Hall–Kier alpha value is -2.33. The van der Waals surface area contributed by atoms with E-state index in [1.807, 2.05) is 42.5 Å². The second kappa shape index (κ2) is 6.62. The molecule has 0 fully saturated rings. The summed E-state index contributed by atoms with van der Waals surface area (Å²) in [6.07, 6.45) is 3.37. The summed E-state index contributed by atoms with van der Waals surface area (Å²) in [6.45, 7) is 0.497. The van der Waals surface area contributed by atoms with Crippen molar-refractivity contribution in [2.75, 3.05) is 0 Å². The molecule has 1 amide bonds. The molecule has 1 aromatic heterocycles. The van der Waals surface area contributed by atoms with Gasteiger partial charge in [0.1, 0.15) is 0 Å². The van der Waals surface area contributed by atoms with E-state index in [9.17, 15) is 4.79 Å². The molecule has 0 aliphatic carbocycles. The SMILES string of the molecule is O=C(NCc1ccc(-c2ccoc2)cc1)c1cccc(Br)c1. The number of halogens is 1. The summed E-state index contributed by atoms with van der Waals surface area (Å²) in [7, 11) is 0. The summed E-state index contributed by atoms with van der Waals surface area (Å²) in [5, 5.41) is 2.92. The zero-order valence-electron chi connectivity index (χ0n) is 11.8. The van der Waals surface area contributed by atoms with Gasteiger partial charge in [0.05, 0.1) is 12.5 Å². The van der Waals surface area contributed by atoms with Crippen LogP contribution in [-0.2, 0) is 6.54 Å². The van der Waals surface area contributed by atoms with Crippen LogP contribution in [0.15, 0.2) is 76.0 Å². The van der Waals surface area contributed by atoms with Gasteiger partial charge in [-0.1, -0.05) is 46.3 Å². The molecule has 1 heterocycles. The van der Waals surface area contributed by atoms with Gasteiger partial charge in [0, 0.05) is 22.1 Å².